The van der Waals surface area contributed by atoms with Crippen LogP contribution in [0.25, 0.3) is 0 Å². The molecule has 3 atom stereocenters. The van der Waals surface area contributed by atoms with Crippen LogP contribution >= 0.6 is 0 Å². The number of hydrogen-bond donors (Lipinski definition) is 1. The van der Waals surface area contributed by atoms with Crippen molar-refractivity contribution < 1.29 is 24.1 Å². The molecule has 0 aromatic carbocycles. The van der Waals surface area contributed by atoms with Crippen molar-refractivity contribution >= 4 is 0 Å². The smallest absolute Gasteiger partial charge is 0.178 e. The van der Waals surface area contributed by atoms with Crippen LogP contribution in [0.3, 0.4) is 0 Å². The summed E-state index contributed by atoms with van der Waals surface area (Å²) in [5, 5.41) is 9.98. The van der Waals surface area contributed by atoms with E-state index in [1.165, 1.54) is 0 Å². The van der Waals surface area contributed by atoms with Crippen molar-refractivity contribution in [3.8, 4) is 0 Å². The Morgan fingerprint density at radius 3 is 1.87 bits per heavy atom. The highest BCUT2D eigenvalue weighted by molar-refractivity contribution is 4.67. The molecule has 5 nitrogen and oxygen atoms in total. The van der Waals surface area contributed by atoms with Gasteiger partial charge in [0.25, 0.3) is 0 Å². The number of aliphatic hydroxyl groups is 1. The molecule has 0 aliphatic carbocycles. The van der Waals surface area contributed by atoms with E-state index in [2.05, 4.69) is 20.8 Å². The Balaban J connectivity index is 4.16. The Kier molecular flexibility index (Phi) is 16.5. The average molecular weight is 334 g/mol. The maximum absolute atomic E-state index is 9.98. The lowest BCUT2D eigenvalue weighted by Crippen LogP contribution is -2.38. The summed E-state index contributed by atoms with van der Waals surface area (Å²) in [6, 6.07) is 0. The van der Waals surface area contributed by atoms with Crippen LogP contribution in [0.2, 0.25) is 0 Å². The van der Waals surface area contributed by atoms with Gasteiger partial charge in [0.2, 0.25) is 0 Å². The number of aliphatic hydroxyl groups excluding tert-OH is 1. The predicted octanol–water partition coefficient (Wildman–Crippen LogP) is 3.53. The van der Waals surface area contributed by atoms with Gasteiger partial charge in [0.15, 0.2) is 6.29 Å². The van der Waals surface area contributed by atoms with Gasteiger partial charge < -0.3 is 24.1 Å². The van der Waals surface area contributed by atoms with E-state index >= 15 is 0 Å². The topological polar surface area (TPSA) is 57.2 Å². The number of hydrogen-bond acceptors (Lipinski definition) is 5. The monoisotopic (exact) mass is 334 g/mol. The number of rotatable bonds is 17. The van der Waals surface area contributed by atoms with Crippen molar-refractivity contribution in [2.45, 2.75) is 84.7 Å². The van der Waals surface area contributed by atoms with Gasteiger partial charge in [-0.05, 0) is 26.2 Å². The maximum atomic E-state index is 9.98. The van der Waals surface area contributed by atoms with Crippen molar-refractivity contribution in [2.24, 2.45) is 0 Å². The molecule has 5 heteroatoms. The number of unbranched alkanes of at least 4 members (excludes halogenated alkanes) is 3. The second-order valence-corrected chi connectivity index (χ2v) is 5.92. The first-order valence-electron chi connectivity index (χ1n) is 9.26. The largest absolute Gasteiger partial charge is 0.379 e. The molecular formula is C18H38O5. The van der Waals surface area contributed by atoms with Gasteiger partial charge in [-0.1, -0.05) is 40.0 Å². The SMILES string of the molecule is CCCCOCC(O)O[C@H](COCCCC)[C@H](C)OCCCC. The molecule has 0 spiro atoms. The van der Waals surface area contributed by atoms with Crippen LogP contribution in [0.5, 0.6) is 0 Å². The third kappa shape index (κ3) is 13.9. The maximum Gasteiger partial charge on any atom is 0.178 e. The molecule has 0 saturated heterocycles. The van der Waals surface area contributed by atoms with Crippen LogP contribution in [-0.4, -0.2) is 56.6 Å². The molecule has 0 saturated carbocycles. The zero-order chi connectivity index (χ0) is 17.3. The Hall–Kier alpha value is -0.200. The van der Waals surface area contributed by atoms with Gasteiger partial charge in [-0.25, -0.2) is 0 Å². The molecule has 0 fully saturated rings. The summed E-state index contributed by atoms with van der Waals surface area (Å²) in [6.45, 7) is 11.0. The van der Waals surface area contributed by atoms with Crippen LogP contribution in [0.4, 0.5) is 0 Å². The molecule has 0 aliphatic rings. The third-order valence-corrected chi connectivity index (χ3v) is 3.56. The van der Waals surface area contributed by atoms with E-state index in [9.17, 15) is 5.11 Å². The lowest BCUT2D eigenvalue weighted by Gasteiger charge is -2.27. The average Bonchev–Trinajstić information content (AvgIpc) is 2.54. The van der Waals surface area contributed by atoms with Crippen LogP contribution in [0, 0.1) is 0 Å². The molecule has 0 amide bonds. The Morgan fingerprint density at radius 1 is 0.783 bits per heavy atom. The summed E-state index contributed by atoms with van der Waals surface area (Å²) in [5.41, 5.74) is 0. The summed E-state index contributed by atoms with van der Waals surface area (Å²) in [6.07, 6.45) is 4.98. The van der Waals surface area contributed by atoms with Gasteiger partial charge >= 0.3 is 0 Å². The predicted molar refractivity (Wildman–Crippen MR) is 92.7 cm³/mol. The minimum atomic E-state index is -0.941. The first-order chi connectivity index (χ1) is 11.2. The van der Waals surface area contributed by atoms with Crippen LogP contribution in [-0.2, 0) is 18.9 Å². The van der Waals surface area contributed by atoms with Crippen molar-refractivity contribution in [2.75, 3.05) is 33.0 Å². The third-order valence-electron chi connectivity index (χ3n) is 3.56. The molecular weight excluding hydrogens is 296 g/mol. The van der Waals surface area contributed by atoms with Gasteiger partial charge in [0.05, 0.1) is 19.3 Å². The molecule has 1 N–H and O–H groups in total. The van der Waals surface area contributed by atoms with Crippen molar-refractivity contribution in [1.29, 1.82) is 0 Å². The summed E-state index contributed by atoms with van der Waals surface area (Å²) in [7, 11) is 0. The van der Waals surface area contributed by atoms with E-state index in [0.717, 1.165) is 38.5 Å². The van der Waals surface area contributed by atoms with E-state index in [-0.39, 0.29) is 18.8 Å². The highest BCUT2D eigenvalue weighted by atomic mass is 16.7. The summed E-state index contributed by atoms with van der Waals surface area (Å²) < 4.78 is 22.5. The second-order valence-electron chi connectivity index (χ2n) is 5.92. The van der Waals surface area contributed by atoms with Crippen molar-refractivity contribution in [3.63, 3.8) is 0 Å². The molecule has 0 heterocycles. The molecule has 0 radical (unpaired) electrons. The van der Waals surface area contributed by atoms with E-state index in [0.29, 0.717) is 26.4 Å². The Labute approximate surface area is 142 Å². The van der Waals surface area contributed by atoms with E-state index < -0.39 is 6.29 Å². The molecule has 1 unspecified atom stereocenters. The second kappa shape index (κ2) is 16.7. The minimum Gasteiger partial charge on any atom is -0.379 e. The summed E-state index contributed by atoms with van der Waals surface area (Å²) >= 11 is 0. The van der Waals surface area contributed by atoms with E-state index in [1.807, 2.05) is 6.92 Å². The lowest BCUT2D eigenvalue weighted by molar-refractivity contribution is -0.205. The minimum absolute atomic E-state index is 0.117. The number of ether oxygens (including phenoxy) is 4. The van der Waals surface area contributed by atoms with Gasteiger partial charge in [0.1, 0.15) is 6.10 Å². The summed E-state index contributed by atoms with van der Waals surface area (Å²) in [4.78, 5) is 0. The fourth-order valence-corrected chi connectivity index (χ4v) is 1.92. The molecule has 0 bridgehead atoms. The first kappa shape index (κ1) is 22.8. The fraction of sp³-hybridized carbons (Fsp3) is 1.00. The van der Waals surface area contributed by atoms with Gasteiger partial charge in [0, 0.05) is 19.8 Å². The van der Waals surface area contributed by atoms with E-state index in [4.69, 9.17) is 18.9 Å². The quantitative estimate of drug-likeness (QED) is 0.326. The van der Waals surface area contributed by atoms with Crippen LogP contribution in [0.15, 0.2) is 0 Å². The van der Waals surface area contributed by atoms with Crippen molar-refractivity contribution in [3.05, 3.63) is 0 Å². The highest BCUT2D eigenvalue weighted by Gasteiger charge is 2.22. The standard InChI is InChI=1S/C18H38O5/c1-5-8-11-20-14-17(16(4)22-13-10-7-3)23-18(19)15-21-12-9-6-2/h16-19H,5-15H2,1-4H3/t16-,17+,18?/m0/s1. The fourth-order valence-electron chi connectivity index (χ4n) is 1.92. The highest BCUT2D eigenvalue weighted by Crippen LogP contribution is 2.09. The first-order valence-corrected chi connectivity index (χ1v) is 9.26. The van der Waals surface area contributed by atoms with Crippen molar-refractivity contribution in [1.82, 2.24) is 0 Å². The molecule has 23 heavy (non-hydrogen) atoms. The van der Waals surface area contributed by atoms with Crippen LogP contribution < -0.4 is 0 Å². The summed E-state index contributed by atoms with van der Waals surface area (Å²) in [5.74, 6) is 0. The molecule has 0 aliphatic heterocycles. The van der Waals surface area contributed by atoms with E-state index in [1.54, 1.807) is 0 Å². The Bertz CT molecular complexity index is 237. The lowest BCUT2D eigenvalue weighted by atomic mass is 10.2. The molecule has 0 rings (SSSR count). The molecule has 140 valence electrons. The zero-order valence-electron chi connectivity index (χ0n) is 15.6. The van der Waals surface area contributed by atoms with Gasteiger partial charge in [-0.3, -0.25) is 0 Å². The zero-order valence-corrected chi connectivity index (χ0v) is 15.6. The van der Waals surface area contributed by atoms with Crippen LogP contribution in [0.1, 0.15) is 66.2 Å². The Morgan fingerprint density at radius 2 is 1.30 bits per heavy atom. The normalized spacial score (nSPS) is 15.5. The molecule has 0 aromatic rings. The van der Waals surface area contributed by atoms with Gasteiger partial charge in [-0.15, -0.1) is 0 Å². The molecule has 0 aromatic heterocycles. The van der Waals surface area contributed by atoms with Gasteiger partial charge in [-0.2, -0.15) is 0 Å².